The van der Waals surface area contributed by atoms with Crippen molar-refractivity contribution >= 4 is 27.0 Å². The molecule has 0 unspecified atom stereocenters. The lowest BCUT2D eigenvalue weighted by Gasteiger charge is -2.09. The molecule has 0 saturated heterocycles. The van der Waals surface area contributed by atoms with E-state index in [-0.39, 0.29) is 0 Å². The minimum Gasteiger partial charge on any atom is -0.279 e. The van der Waals surface area contributed by atoms with E-state index in [0.717, 1.165) is 11.1 Å². The molecule has 2 aromatic rings. The number of benzene rings is 1. The molecule has 0 amide bonds. The van der Waals surface area contributed by atoms with Gasteiger partial charge in [0.15, 0.2) is 0 Å². The first-order valence-electron chi connectivity index (χ1n) is 5.12. The second-order valence-corrected chi connectivity index (χ2v) is 6.71. The lowest BCUT2D eigenvalue weighted by Crippen LogP contribution is -2.12. The van der Waals surface area contributed by atoms with Crippen LogP contribution in [0, 0.1) is 13.8 Å². The molecule has 17 heavy (non-hydrogen) atoms. The molecule has 0 bridgehead atoms. The zero-order valence-electron chi connectivity index (χ0n) is 9.60. The largest absolute Gasteiger partial charge is 0.279 e. The first-order valence-corrected chi connectivity index (χ1v) is 7.49. The van der Waals surface area contributed by atoms with Crippen molar-refractivity contribution in [3.63, 3.8) is 0 Å². The van der Waals surface area contributed by atoms with Crippen LogP contribution in [0.3, 0.4) is 0 Å². The minimum absolute atomic E-state index is 0.332. The van der Waals surface area contributed by atoms with Gasteiger partial charge in [-0.2, -0.15) is 0 Å². The van der Waals surface area contributed by atoms with Crippen molar-refractivity contribution in [2.45, 2.75) is 18.1 Å². The van der Waals surface area contributed by atoms with Crippen LogP contribution in [-0.4, -0.2) is 8.42 Å². The summed E-state index contributed by atoms with van der Waals surface area (Å²) in [7, 11) is -3.44. The maximum atomic E-state index is 12.0. The van der Waals surface area contributed by atoms with Gasteiger partial charge in [0.25, 0.3) is 10.0 Å². The lowest BCUT2D eigenvalue weighted by molar-refractivity contribution is 0.603. The van der Waals surface area contributed by atoms with Crippen LogP contribution in [0.5, 0.6) is 0 Å². The summed E-state index contributed by atoms with van der Waals surface area (Å²) in [6.07, 6.45) is 0. The summed E-state index contributed by atoms with van der Waals surface area (Å²) in [4.78, 5) is 0. The molecule has 3 nitrogen and oxygen atoms in total. The molecule has 2 rings (SSSR count). The summed E-state index contributed by atoms with van der Waals surface area (Å²) in [5.74, 6) is 0. The fourth-order valence-corrected chi connectivity index (χ4v) is 3.57. The van der Waals surface area contributed by atoms with Gasteiger partial charge >= 0.3 is 0 Å². The van der Waals surface area contributed by atoms with Crippen LogP contribution >= 0.6 is 11.3 Å². The van der Waals surface area contributed by atoms with Gasteiger partial charge in [0, 0.05) is 0 Å². The second-order valence-electron chi connectivity index (χ2n) is 3.86. The summed E-state index contributed by atoms with van der Waals surface area (Å²) >= 11 is 1.21. The van der Waals surface area contributed by atoms with Crippen molar-refractivity contribution in [2.24, 2.45) is 0 Å². The molecule has 0 radical (unpaired) electrons. The molecule has 0 spiro atoms. The van der Waals surface area contributed by atoms with Crippen molar-refractivity contribution < 1.29 is 8.42 Å². The second kappa shape index (κ2) is 4.50. The van der Waals surface area contributed by atoms with Crippen molar-refractivity contribution in [3.8, 4) is 0 Å². The zero-order chi connectivity index (χ0) is 12.5. The summed E-state index contributed by atoms with van der Waals surface area (Å²) in [6.45, 7) is 3.81. The van der Waals surface area contributed by atoms with Crippen LogP contribution in [0.4, 0.5) is 5.69 Å². The molecule has 0 atom stereocenters. The normalized spacial score (nSPS) is 11.4. The highest BCUT2D eigenvalue weighted by Crippen LogP contribution is 2.23. The van der Waals surface area contributed by atoms with E-state index in [9.17, 15) is 8.42 Å². The van der Waals surface area contributed by atoms with Crippen LogP contribution in [0.25, 0.3) is 0 Å². The Morgan fingerprint density at radius 2 is 1.94 bits per heavy atom. The van der Waals surface area contributed by atoms with Crippen LogP contribution in [0.15, 0.2) is 39.9 Å². The third-order valence-corrected chi connectivity index (χ3v) is 5.16. The highest BCUT2D eigenvalue weighted by molar-refractivity contribution is 7.94. The highest BCUT2D eigenvalue weighted by Gasteiger charge is 2.15. The minimum atomic E-state index is -3.44. The average Bonchev–Trinajstić information content (AvgIpc) is 2.77. The van der Waals surface area contributed by atoms with Gasteiger partial charge in [0.1, 0.15) is 4.21 Å². The van der Waals surface area contributed by atoms with Gasteiger partial charge in [-0.15, -0.1) is 11.3 Å². The van der Waals surface area contributed by atoms with E-state index < -0.39 is 10.0 Å². The van der Waals surface area contributed by atoms with Crippen LogP contribution in [0.1, 0.15) is 11.1 Å². The number of rotatable bonds is 3. The van der Waals surface area contributed by atoms with Gasteiger partial charge in [-0.25, -0.2) is 8.42 Å². The Morgan fingerprint density at radius 3 is 2.59 bits per heavy atom. The first kappa shape index (κ1) is 12.1. The molecular weight excluding hydrogens is 254 g/mol. The molecule has 0 aliphatic carbocycles. The standard InChI is InChI=1S/C12H13NO2S2/c1-9-5-6-10(2)11(8-9)13-17(14,15)12-4-3-7-16-12/h3-8,13H,1-2H3. The lowest BCUT2D eigenvalue weighted by atomic mass is 10.1. The van der Waals surface area contributed by atoms with E-state index >= 15 is 0 Å². The number of nitrogens with one attached hydrogen (secondary N) is 1. The highest BCUT2D eigenvalue weighted by atomic mass is 32.2. The maximum absolute atomic E-state index is 12.0. The van der Waals surface area contributed by atoms with E-state index in [1.165, 1.54) is 11.3 Å². The van der Waals surface area contributed by atoms with E-state index in [0.29, 0.717) is 9.90 Å². The number of anilines is 1. The summed E-state index contributed by atoms with van der Waals surface area (Å²) in [5, 5.41) is 1.75. The number of thiophene rings is 1. The molecule has 0 aliphatic heterocycles. The Kier molecular flexibility index (Phi) is 3.22. The Morgan fingerprint density at radius 1 is 1.18 bits per heavy atom. The summed E-state index contributed by atoms with van der Waals surface area (Å²) in [5.41, 5.74) is 2.58. The first-order chi connectivity index (χ1) is 7.99. The zero-order valence-corrected chi connectivity index (χ0v) is 11.2. The Bertz CT molecular complexity index is 616. The molecule has 5 heteroatoms. The number of hydrogen-bond donors (Lipinski definition) is 1. The van der Waals surface area contributed by atoms with Crippen molar-refractivity contribution in [1.82, 2.24) is 0 Å². The molecule has 0 aliphatic rings. The average molecular weight is 267 g/mol. The molecule has 1 aromatic heterocycles. The fourth-order valence-electron chi connectivity index (χ4n) is 1.46. The smallest absolute Gasteiger partial charge is 0.271 e. The molecule has 1 N–H and O–H groups in total. The van der Waals surface area contributed by atoms with Gasteiger partial charge in [-0.1, -0.05) is 18.2 Å². The van der Waals surface area contributed by atoms with Gasteiger partial charge in [0.05, 0.1) is 5.69 Å². The molecular formula is C12H13NO2S2. The fraction of sp³-hybridized carbons (Fsp3) is 0.167. The summed E-state index contributed by atoms with van der Waals surface area (Å²) in [6, 6.07) is 9.01. The predicted molar refractivity (Wildman–Crippen MR) is 71.0 cm³/mol. The van der Waals surface area contributed by atoms with Crippen LogP contribution in [0.2, 0.25) is 0 Å². The number of hydrogen-bond acceptors (Lipinski definition) is 3. The monoisotopic (exact) mass is 267 g/mol. The van der Waals surface area contributed by atoms with Crippen LogP contribution in [-0.2, 0) is 10.0 Å². The molecule has 1 aromatic carbocycles. The Balaban J connectivity index is 2.36. The van der Waals surface area contributed by atoms with Crippen molar-refractivity contribution in [1.29, 1.82) is 0 Å². The Hall–Kier alpha value is -1.33. The number of aryl methyl sites for hydroxylation is 2. The van der Waals surface area contributed by atoms with Gasteiger partial charge < -0.3 is 0 Å². The number of sulfonamides is 1. The van der Waals surface area contributed by atoms with Crippen molar-refractivity contribution in [2.75, 3.05) is 4.72 Å². The third kappa shape index (κ3) is 2.68. The van der Waals surface area contributed by atoms with E-state index in [1.807, 2.05) is 32.0 Å². The molecule has 1 heterocycles. The van der Waals surface area contributed by atoms with Gasteiger partial charge in [-0.3, -0.25) is 4.72 Å². The quantitative estimate of drug-likeness (QED) is 0.928. The topological polar surface area (TPSA) is 46.2 Å². The maximum Gasteiger partial charge on any atom is 0.271 e. The van der Waals surface area contributed by atoms with Crippen molar-refractivity contribution in [3.05, 3.63) is 46.8 Å². The SMILES string of the molecule is Cc1ccc(C)c(NS(=O)(=O)c2cccs2)c1. The van der Waals surface area contributed by atoms with Gasteiger partial charge in [0.2, 0.25) is 0 Å². The van der Waals surface area contributed by atoms with Crippen LogP contribution < -0.4 is 4.72 Å². The molecule has 90 valence electrons. The molecule has 0 fully saturated rings. The third-order valence-electron chi connectivity index (χ3n) is 2.40. The molecule has 0 saturated carbocycles. The summed E-state index contributed by atoms with van der Waals surface area (Å²) < 4.78 is 27.0. The predicted octanol–water partition coefficient (Wildman–Crippen LogP) is 3.17. The van der Waals surface area contributed by atoms with E-state index in [4.69, 9.17) is 0 Å². The van der Waals surface area contributed by atoms with E-state index in [2.05, 4.69) is 4.72 Å². The Labute approximate surface area is 105 Å². The van der Waals surface area contributed by atoms with E-state index in [1.54, 1.807) is 17.5 Å². The van der Waals surface area contributed by atoms with Gasteiger partial charge in [-0.05, 0) is 42.5 Å².